The van der Waals surface area contributed by atoms with Gasteiger partial charge in [0.25, 0.3) is 0 Å². The van der Waals surface area contributed by atoms with Crippen molar-refractivity contribution in [2.45, 2.75) is 104 Å². The third-order valence-corrected chi connectivity index (χ3v) is 7.06. The van der Waals surface area contributed by atoms with E-state index in [-0.39, 0.29) is 0 Å². The Morgan fingerprint density at radius 3 is 2.17 bits per heavy atom. The van der Waals surface area contributed by atoms with Crippen LogP contribution in [0, 0.1) is 11.8 Å². The van der Waals surface area contributed by atoms with E-state index in [0.29, 0.717) is 0 Å². The van der Waals surface area contributed by atoms with Gasteiger partial charge in [0.1, 0.15) is 0 Å². The molecular formula is C29H43N. The highest BCUT2D eigenvalue weighted by Crippen LogP contribution is 2.35. The SMILES string of the molecule is CCCCCCCC1CCCC(CCc2ccc(-c3ccc(CCC)cn3)cc2)C1. The van der Waals surface area contributed by atoms with E-state index in [1.165, 1.54) is 100 Å². The summed E-state index contributed by atoms with van der Waals surface area (Å²) in [5.41, 5.74) is 5.16. The fourth-order valence-corrected chi connectivity index (χ4v) is 5.21. The number of nitrogens with zero attached hydrogens (tertiary/aromatic N) is 1. The van der Waals surface area contributed by atoms with Crippen molar-refractivity contribution in [2.24, 2.45) is 11.8 Å². The number of aromatic nitrogens is 1. The monoisotopic (exact) mass is 405 g/mol. The summed E-state index contributed by atoms with van der Waals surface area (Å²) in [4.78, 5) is 4.67. The van der Waals surface area contributed by atoms with Crippen molar-refractivity contribution in [3.05, 3.63) is 53.7 Å². The first kappa shape index (κ1) is 23.0. The summed E-state index contributed by atoms with van der Waals surface area (Å²) < 4.78 is 0. The Balaban J connectivity index is 1.42. The van der Waals surface area contributed by atoms with Crippen LogP contribution in [0.4, 0.5) is 0 Å². The molecule has 0 amide bonds. The second kappa shape index (κ2) is 12.9. The van der Waals surface area contributed by atoms with Gasteiger partial charge in [-0.05, 0) is 54.7 Å². The minimum absolute atomic E-state index is 0.951. The van der Waals surface area contributed by atoms with Crippen LogP contribution in [0.1, 0.15) is 102 Å². The molecule has 164 valence electrons. The lowest BCUT2D eigenvalue weighted by atomic mass is 9.77. The molecule has 2 unspecified atom stereocenters. The van der Waals surface area contributed by atoms with Gasteiger partial charge in [-0.25, -0.2) is 0 Å². The van der Waals surface area contributed by atoms with Crippen molar-refractivity contribution in [1.82, 2.24) is 4.98 Å². The summed E-state index contributed by atoms with van der Waals surface area (Å²) in [6.07, 6.45) is 21.5. The number of benzene rings is 1. The van der Waals surface area contributed by atoms with Gasteiger partial charge in [-0.2, -0.15) is 0 Å². The standard InChI is InChI=1S/C29H43N/c1-3-5-6-7-8-11-25-12-9-13-26(22-25)15-14-24-16-19-28(20-17-24)29-21-18-27(10-4-2)23-30-29/h16-21,23,25-26H,3-15,22H2,1-2H3. The van der Waals surface area contributed by atoms with Crippen molar-refractivity contribution in [3.8, 4) is 11.3 Å². The number of pyridine rings is 1. The van der Waals surface area contributed by atoms with E-state index in [4.69, 9.17) is 0 Å². The van der Waals surface area contributed by atoms with Crippen molar-refractivity contribution >= 4 is 0 Å². The zero-order valence-corrected chi connectivity index (χ0v) is 19.5. The van der Waals surface area contributed by atoms with Gasteiger partial charge in [-0.1, -0.05) is 108 Å². The smallest absolute Gasteiger partial charge is 0.0702 e. The molecule has 2 atom stereocenters. The van der Waals surface area contributed by atoms with Gasteiger partial charge in [0.2, 0.25) is 0 Å². The number of rotatable bonds is 12. The maximum atomic E-state index is 4.67. The van der Waals surface area contributed by atoms with Gasteiger partial charge in [0, 0.05) is 11.8 Å². The van der Waals surface area contributed by atoms with E-state index in [1.54, 1.807) is 0 Å². The molecule has 1 heteroatoms. The number of hydrogen-bond acceptors (Lipinski definition) is 1. The molecule has 0 N–H and O–H groups in total. The molecule has 1 heterocycles. The number of aryl methyl sites for hydroxylation is 2. The molecular weight excluding hydrogens is 362 g/mol. The molecule has 0 spiro atoms. The minimum atomic E-state index is 0.951. The van der Waals surface area contributed by atoms with E-state index >= 15 is 0 Å². The fraction of sp³-hybridized carbons (Fsp3) is 0.621. The van der Waals surface area contributed by atoms with Crippen molar-refractivity contribution in [3.63, 3.8) is 0 Å². The highest BCUT2D eigenvalue weighted by molar-refractivity contribution is 5.59. The Labute approximate surface area is 185 Å². The molecule has 2 aromatic rings. The van der Waals surface area contributed by atoms with E-state index in [2.05, 4.69) is 55.2 Å². The van der Waals surface area contributed by atoms with E-state index in [1.807, 2.05) is 6.20 Å². The Bertz CT molecular complexity index is 700. The lowest BCUT2D eigenvalue weighted by molar-refractivity contribution is 0.239. The van der Waals surface area contributed by atoms with Crippen LogP contribution >= 0.6 is 0 Å². The van der Waals surface area contributed by atoms with Gasteiger partial charge in [-0.15, -0.1) is 0 Å². The first-order valence-corrected chi connectivity index (χ1v) is 12.8. The Morgan fingerprint density at radius 1 is 0.733 bits per heavy atom. The van der Waals surface area contributed by atoms with E-state index < -0.39 is 0 Å². The van der Waals surface area contributed by atoms with E-state index in [9.17, 15) is 0 Å². The van der Waals surface area contributed by atoms with Crippen LogP contribution in [0.15, 0.2) is 42.6 Å². The molecule has 0 bridgehead atoms. The molecule has 1 aliphatic carbocycles. The van der Waals surface area contributed by atoms with Crippen LogP contribution < -0.4 is 0 Å². The lowest BCUT2D eigenvalue weighted by Gasteiger charge is -2.29. The maximum Gasteiger partial charge on any atom is 0.0702 e. The second-order valence-corrected chi connectivity index (χ2v) is 9.64. The quantitative estimate of drug-likeness (QED) is 0.321. The van der Waals surface area contributed by atoms with Crippen LogP contribution in [-0.4, -0.2) is 4.98 Å². The number of hydrogen-bond donors (Lipinski definition) is 0. The van der Waals surface area contributed by atoms with Gasteiger partial charge >= 0.3 is 0 Å². The lowest BCUT2D eigenvalue weighted by Crippen LogP contribution is -2.16. The van der Waals surface area contributed by atoms with Crippen molar-refractivity contribution in [1.29, 1.82) is 0 Å². The molecule has 1 fully saturated rings. The first-order chi connectivity index (χ1) is 14.8. The highest BCUT2D eigenvalue weighted by atomic mass is 14.7. The Kier molecular flexibility index (Phi) is 9.93. The Hall–Kier alpha value is -1.63. The van der Waals surface area contributed by atoms with Crippen LogP contribution in [0.5, 0.6) is 0 Å². The molecule has 3 rings (SSSR count). The van der Waals surface area contributed by atoms with Crippen molar-refractivity contribution in [2.75, 3.05) is 0 Å². The molecule has 30 heavy (non-hydrogen) atoms. The maximum absolute atomic E-state index is 4.67. The molecule has 0 saturated heterocycles. The molecule has 0 radical (unpaired) electrons. The van der Waals surface area contributed by atoms with Crippen LogP contribution in [0.25, 0.3) is 11.3 Å². The van der Waals surface area contributed by atoms with E-state index in [0.717, 1.165) is 24.0 Å². The zero-order chi connectivity index (χ0) is 21.0. The normalized spacial score (nSPS) is 19.1. The molecule has 1 aromatic heterocycles. The molecule has 0 aliphatic heterocycles. The largest absolute Gasteiger partial charge is 0.256 e. The topological polar surface area (TPSA) is 12.9 Å². The molecule has 1 aromatic carbocycles. The molecule has 1 nitrogen and oxygen atoms in total. The highest BCUT2D eigenvalue weighted by Gasteiger charge is 2.21. The van der Waals surface area contributed by atoms with Crippen LogP contribution in [0.2, 0.25) is 0 Å². The Morgan fingerprint density at radius 2 is 1.47 bits per heavy atom. The number of unbranched alkanes of at least 4 members (excludes halogenated alkanes) is 4. The average molecular weight is 406 g/mol. The first-order valence-electron chi connectivity index (χ1n) is 12.8. The second-order valence-electron chi connectivity index (χ2n) is 9.64. The summed E-state index contributed by atoms with van der Waals surface area (Å²) in [6.45, 7) is 4.52. The van der Waals surface area contributed by atoms with Gasteiger partial charge in [-0.3, -0.25) is 4.98 Å². The van der Waals surface area contributed by atoms with Crippen molar-refractivity contribution < 1.29 is 0 Å². The predicted octanol–water partition coefficient (Wildman–Crippen LogP) is 8.80. The fourth-order valence-electron chi connectivity index (χ4n) is 5.21. The zero-order valence-electron chi connectivity index (χ0n) is 19.5. The molecule has 1 aliphatic rings. The predicted molar refractivity (Wildman–Crippen MR) is 131 cm³/mol. The summed E-state index contributed by atoms with van der Waals surface area (Å²) in [7, 11) is 0. The minimum Gasteiger partial charge on any atom is -0.256 e. The summed E-state index contributed by atoms with van der Waals surface area (Å²) in [6, 6.07) is 13.6. The van der Waals surface area contributed by atoms with Gasteiger partial charge in [0.15, 0.2) is 0 Å². The third kappa shape index (κ3) is 7.56. The summed E-state index contributed by atoms with van der Waals surface area (Å²) in [5, 5.41) is 0. The van der Waals surface area contributed by atoms with Gasteiger partial charge in [0.05, 0.1) is 5.69 Å². The summed E-state index contributed by atoms with van der Waals surface area (Å²) >= 11 is 0. The molecule has 1 saturated carbocycles. The van der Waals surface area contributed by atoms with Gasteiger partial charge < -0.3 is 0 Å². The third-order valence-electron chi connectivity index (χ3n) is 7.06. The summed E-state index contributed by atoms with van der Waals surface area (Å²) in [5.74, 6) is 1.96. The van der Waals surface area contributed by atoms with Crippen LogP contribution in [0.3, 0.4) is 0 Å². The van der Waals surface area contributed by atoms with Crippen LogP contribution in [-0.2, 0) is 12.8 Å². The average Bonchev–Trinajstić information content (AvgIpc) is 2.79.